The summed E-state index contributed by atoms with van der Waals surface area (Å²) in [6.07, 6.45) is 3.88. The largest absolute Gasteiger partial charge is 0.340 e. The quantitative estimate of drug-likeness (QED) is 0.822. The van der Waals surface area contributed by atoms with E-state index in [4.69, 9.17) is 5.73 Å². The van der Waals surface area contributed by atoms with Crippen LogP contribution < -0.4 is 5.73 Å². The molecule has 0 aromatic heterocycles. The van der Waals surface area contributed by atoms with Crippen LogP contribution in [0.5, 0.6) is 0 Å². The average Bonchev–Trinajstić information content (AvgIpc) is 2.50. The van der Waals surface area contributed by atoms with E-state index in [9.17, 15) is 4.79 Å². The third-order valence-electron chi connectivity index (χ3n) is 2.98. The third kappa shape index (κ3) is 5.95. The Morgan fingerprint density at radius 1 is 1.35 bits per heavy atom. The first-order valence-corrected chi connectivity index (χ1v) is 7.26. The minimum absolute atomic E-state index is 0. The van der Waals surface area contributed by atoms with E-state index in [1.54, 1.807) is 11.8 Å². The van der Waals surface area contributed by atoms with E-state index in [0.717, 1.165) is 44.8 Å². The molecule has 0 bridgehead atoms. The number of hydrogen-bond acceptors (Lipinski definition) is 4. The zero-order chi connectivity index (χ0) is 12.0. The molecule has 6 heteroatoms. The number of rotatable bonds is 4. The average molecular weight is 282 g/mol. The molecule has 1 atom stereocenters. The van der Waals surface area contributed by atoms with Gasteiger partial charge < -0.3 is 15.5 Å². The third-order valence-corrected chi connectivity index (χ3v) is 3.63. The van der Waals surface area contributed by atoms with E-state index in [2.05, 4.69) is 11.9 Å². The fraction of sp³-hybridized carbons (Fsp3) is 0.909. The molecule has 17 heavy (non-hydrogen) atoms. The molecule has 1 aliphatic rings. The first-order valence-electron chi connectivity index (χ1n) is 5.87. The van der Waals surface area contributed by atoms with E-state index in [0.29, 0.717) is 0 Å². The molecule has 0 unspecified atom stereocenters. The van der Waals surface area contributed by atoms with Crippen LogP contribution in [0.1, 0.15) is 12.8 Å². The molecular formula is C11H24ClN3OS. The summed E-state index contributed by atoms with van der Waals surface area (Å²) in [5, 5.41) is 0. The molecule has 102 valence electrons. The van der Waals surface area contributed by atoms with Gasteiger partial charge >= 0.3 is 0 Å². The van der Waals surface area contributed by atoms with Gasteiger partial charge in [-0.3, -0.25) is 4.79 Å². The number of carbonyl (C=O) groups excluding carboxylic acids is 1. The minimum Gasteiger partial charge on any atom is -0.340 e. The fourth-order valence-electron chi connectivity index (χ4n) is 1.87. The van der Waals surface area contributed by atoms with Crippen molar-refractivity contribution in [3.8, 4) is 0 Å². The van der Waals surface area contributed by atoms with Crippen LogP contribution in [0.2, 0.25) is 0 Å². The lowest BCUT2D eigenvalue weighted by atomic mass is 10.2. The molecule has 0 spiro atoms. The highest BCUT2D eigenvalue weighted by molar-refractivity contribution is 7.98. The number of hydrogen-bond donors (Lipinski definition) is 1. The van der Waals surface area contributed by atoms with E-state index < -0.39 is 0 Å². The van der Waals surface area contributed by atoms with Crippen molar-refractivity contribution >= 4 is 30.1 Å². The minimum atomic E-state index is -0.309. The highest BCUT2D eigenvalue weighted by Gasteiger charge is 2.22. The van der Waals surface area contributed by atoms with Gasteiger partial charge in [0, 0.05) is 19.6 Å². The Labute approximate surface area is 115 Å². The van der Waals surface area contributed by atoms with Gasteiger partial charge in [0.15, 0.2) is 0 Å². The second-order valence-electron chi connectivity index (χ2n) is 4.37. The monoisotopic (exact) mass is 281 g/mol. The van der Waals surface area contributed by atoms with Gasteiger partial charge in [-0.15, -0.1) is 12.4 Å². The van der Waals surface area contributed by atoms with E-state index >= 15 is 0 Å². The van der Waals surface area contributed by atoms with Gasteiger partial charge in [-0.05, 0) is 38.4 Å². The molecule has 0 aliphatic carbocycles. The Kier molecular flexibility index (Phi) is 9.04. The summed E-state index contributed by atoms with van der Waals surface area (Å²) in [7, 11) is 2.10. The number of thioether (sulfide) groups is 1. The maximum Gasteiger partial charge on any atom is 0.239 e. The highest BCUT2D eigenvalue weighted by Crippen LogP contribution is 2.06. The van der Waals surface area contributed by atoms with Crippen LogP contribution in [0.15, 0.2) is 0 Å². The molecule has 1 heterocycles. The van der Waals surface area contributed by atoms with E-state index in [1.165, 1.54) is 0 Å². The number of nitrogens with two attached hydrogens (primary N) is 1. The number of carbonyl (C=O) groups is 1. The van der Waals surface area contributed by atoms with Crippen LogP contribution in [-0.2, 0) is 4.79 Å². The first-order chi connectivity index (χ1) is 7.65. The molecule has 0 radical (unpaired) electrons. The molecule has 0 aromatic carbocycles. The second kappa shape index (κ2) is 9.03. The summed E-state index contributed by atoms with van der Waals surface area (Å²) in [5.41, 5.74) is 5.90. The first kappa shape index (κ1) is 17.0. The van der Waals surface area contributed by atoms with E-state index in [1.807, 2.05) is 11.2 Å². The van der Waals surface area contributed by atoms with Gasteiger partial charge in [-0.2, -0.15) is 11.8 Å². The molecule has 1 saturated heterocycles. The van der Waals surface area contributed by atoms with Gasteiger partial charge in [0.25, 0.3) is 0 Å². The van der Waals surface area contributed by atoms with Gasteiger partial charge in [-0.25, -0.2) is 0 Å². The van der Waals surface area contributed by atoms with Crippen LogP contribution >= 0.6 is 24.2 Å². The van der Waals surface area contributed by atoms with Gasteiger partial charge in [0.1, 0.15) is 0 Å². The molecular weight excluding hydrogens is 258 g/mol. The van der Waals surface area contributed by atoms with Gasteiger partial charge in [-0.1, -0.05) is 0 Å². The fourth-order valence-corrected chi connectivity index (χ4v) is 2.36. The molecule has 2 N–H and O–H groups in total. The summed E-state index contributed by atoms with van der Waals surface area (Å²) >= 11 is 1.74. The van der Waals surface area contributed by atoms with Crippen molar-refractivity contribution in [2.24, 2.45) is 5.73 Å². The van der Waals surface area contributed by atoms with Crippen LogP contribution in [0.25, 0.3) is 0 Å². The molecule has 1 aliphatic heterocycles. The Morgan fingerprint density at radius 3 is 2.71 bits per heavy atom. The molecule has 0 saturated carbocycles. The Morgan fingerprint density at radius 2 is 2.06 bits per heavy atom. The van der Waals surface area contributed by atoms with Crippen molar-refractivity contribution in [2.75, 3.05) is 45.2 Å². The lowest BCUT2D eigenvalue weighted by Crippen LogP contribution is -2.45. The SMILES string of the molecule is CSCC[C@H](N)C(=O)N1CCCN(C)CC1.Cl. The Balaban J connectivity index is 0.00000256. The summed E-state index contributed by atoms with van der Waals surface area (Å²) in [6.45, 7) is 3.71. The highest BCUT2D eigenvalue weighted by atomic mass is 35.5. The maximum atomic E-state index is 12.0. The summed E-state index contributed by atoms with van der Waals surface area (Å²) < 4.78 is 0. The zero-order valence-corrected chi connectivity index (χ0v) is 12.4. The van der Waals surface area contributed by atoms with E-state index in [-0.39, 0.29) is 24.4 Å². The molecule has 0 aromatic rings. The van der Waals surface area contributed by atoms with Gasteiger partial charge in [0.2, 0.25) is 5.91 Å². The summed E-state index contributed by atoms with van der Waals surface area (Å²) in [5.74, 6) is 1.09. The van der Waals surface area contributed by atoms with Crippen molar-refractivity contribution in [3.63, 3.8) is 0 Å². The maximum absolute atomic E-state index is 12.0. The molecule has 1 amide bonds. The van der Waals surface area contributed by atoms with Crippen LogP contribution in [-0.4, -0.2) is 67.0 Å². The van der Waals surface area contributed by atoms with Crippen LogP contribution in [0.3, 0.4) is 0 Å². The van der Waals surface area contributed by atoms with Crippen LogP contribution in [0, 0.1) is 0 Å². The second-order valence-corrected chi connectivity index (χ2v) is 5.36. The van der Waals surface area contributed by atoms with Crippen molar-refractivity contribution < 1.29 is 4.79 Å². The predicted octanol–water partition coefficient (Wildman–Crippen LogP) is 0.653. The molecule has 4 nitrogen and oxygen atoms in total. The van der Waals surface area contributed by atoms with Crippen molar-refractivity contribution in [3.05, 3.63) is 0 Å². The summed E-state index contributed by atoms with van der Waals surface area (Å²) in [4.78, 5) is 16.2. The van der Waals surface area contributed by atoms with Crippen molar-refractivity contribution in [1.82, 2.24) is 9.80 Å². The zero-order valence-electron chi connectivity index (χ0n) is 10.7. The molecule has 1 fully saturated rings. The number of amides is 1. The number of halogens is 1. The topological polar surface area (TPSA) is 49.6 Å². The Hall–Kier alpha value is 0.0300. The van der Waals surface area contributed by atoms with Crippen molar-refractivity contribution in [2.45, 2.75) is 18.9 Å². The Bertz CT molecular complexity index is 231. The van der Waals surface area contributed by atoms with Gasteiger partial charge in [0.05, 0.1) is 6.04 Å². The number of nitrogens with zero attached hydrogens (tertiary/aromatic N) is 2. The normalized spacial score (nSPS) is 19.4. The lowest BCUT2D eigenvalue weighted by molar-refractivity contribution is -0.132. The summed E-state index contributed by atoms with van der Waals surface area (Å²) in [6, 6.07) is -0.309. The van der Waals surface area contributed by atoms with Crippen LogP contribution in [0.4, 0.5) is 0 Å². The lowest BCUT2D eigenvalue weighted by Gasteiger charge is -2.24. The predicted molar refractivity (Wildman–Crippen MR) is 76.9 cm³/mol. The van der Waals surface area contributed by atoms with Crippen molar-refractivity contribution in [1.29, 1.82) is 0 Å². The standard InChI is InChI=1S/C11H23N3OS.ClH/c1-13-5-3-6-14(8-7-13)11(15)10(12)4-9-16-2;/h10H,3-9,12H2,1-2H3;1H/t10-;/m0./s1. The molecule has 1 rings (SSSR count). The number of likely N-dealkylation sites (N-methyl/N-ethyl adjacent to an activating group) is 1. The smallest absolute Gasteiger partial charge is 0.239 e.